The number of nitrogens with zero attached hydrogens (tertiary/aromatic N) is 2. The summed E-state index contributed by atoms with van der Waals surface area (Å²) in [5, 5.41) is 9.66. The fraction of sp³-hybridized carbons (Fsp3) is 0.308. The maximum atomic E-state index is 12.7. The molecule has 1 aromatic heterocycles. The molecule has 0 aliphatic heterocycles. The Bertz CT molecular complexity index is 685. The molecule has 0 spiro atoms. The predicted molar refractivity (Wildman–Crippen MR) is 73.9 cm³/mol. The second kappa shape index (κ2) is 6.30. The highest BCUT2D eigenvalue weighted by atomic mass is 32.1. The molecule has 1 heterocycles. The topological polar surface area (TPSA) is 65.3 Å². The van der Waals surface area contributed by atoms with E-state index < -0.39 is 16.8 Å². The fourth-order valence-corrected chi connectivity index (χ4v) is 2.86. The number of aromatic nitrogens is 1. The van der Waals surface area contributed by atoms with Crippen molar-refractivity contribution >= 4 is 11.3 Å². The SMILES string of the molecule is Cc1nc(-c2cccc(C(F)(F)F)c2)sc1CCO[N+](=O)[O-]. The predicted octanol–water partition coefficient (Wildman–Crippen LogP) is 3.89. The molecule has 0 N–H and O–H groups in total. The first kappa shape index (κ1) is 16.2. The van der Waals surface area contributed by atoms with Crippen molar-refractivity contribution in [1.29, 1.82) is 0 Å². The van der Waals surface area contributed by atoms with Gasteiger partial charge in [0.05, 0.1) is 11.3 Å². The number of aryl methyl sites for hydroxylation is 1. The monoisotopic (exact) mass is 332 g/mol. The average molecular weight is 332 g/mol. The van der Waals surface area contributed by atoms with Gasteiger partial charge in [-0.3, -0.25) is 0 Å². The Morgan fingerprint density at radius 1 is 1.41 bits per heavy atom. The van der Waals surface area contributed by atoms with Crippen molar-refractivity contribution < 1.29 is 23.1 Å². The van der Waals surface area contributed by atoms with Crippen LogP contribution in [0.4, 0.5) is 13.2 Å². The molecule has 22 heavy (non-hydrogen) atoms. The molecule has 0 saturated heterocycles. The molecule has 118 valence electrons. The highest BCUT2D eigenvalue weighted by Crippen LogP contribution is 2.34. The first-order valence-electron chi connectivity index (χ1n) is 6.18. The molecule has 2 aromatic rings. The van der Waals surface area contributed by atoms with Gasteiger partial charge in [0.15, 0.2) is 0 Å². The van der Waals surface area contributed by atoms with E-state index in [-0.39, 0.29) is 13.0 Å². The minimum atomic E-state index is -4.41. The largest absolute Gasteiger partial charge is 0.416 e. The summed E-state index contributed by atoms with van der Waals surface area (Å²) >= 11 is 1.20. The molecule has 9 heteroatoms. The van der Waals surface area contributed by atoms with Gasteiger partial charge < -0.3 is 4.84 Å². The first-order chi connectivity index (χ1) is 10.3. The van der Waals surface area contributed by atoms with Crippen LogP contribution in [0.15, 0.2) is 24.3 Å². The van der Waals surface area contributed by atoms with Gasteiger partial charge in [-0.1, -0.05) is 12.1 Å². The molecule has 0 aliphatic rings. The number of halogens is 3. The summed E-state index contributed by atoms with van der Waals surface area (Å²) in [5.74, 6) is 0. The van der Waals surface area contributed by atoms with Crippen LogP contribution in [0.25, 0.3) is 10.6 Å². The highest BCUT2D eigenvalue weighted by molar-refractivity contribution is 7.15. The third-order valence-electron chi connectivity index (χ3n) is 2.86. The zero-order valence-electron chi connectivity index (χ0n) is 11.4. The van der Waals surface area contributed by atoms with Crippen molar-refractivity contribution in [2.24, 2.45) is 0 Å². The van der Waals surface area contributed by atoms with Crippen molar-refractivity contribution in [1.82, 2.24) is 4.98 Å². The molecule has 0 atom stereocenters. The van der Waals surface area contributed by atoms with Gasteiger partial charge in [-0.15, -0.1) is 21.5 Å². The smallest absolute Gasteiger partial charge is 0.314 e. The number of hydrogen-bond acceptors (Lipinski definition) is 5. The second-order valence-corrected chi connectivity index (χ2v) is 5.50. The maximum absolute atomic E-state index is 12.7. The van der Waals surface area contributed by atoms with E-state index in [1.807, 2.05) is 0 Å². The molecular formula is C13H11F3N2O3S. The van der Waals surface area contributed by atoms with Gasteiger partial charge in [-0.25, -0.2) is 4.98 Å². The molecule has 0 saturated carbocycles. The van der Waals surface area contributed by atoms with E-state index in [2.05, 4.69) is 9.82 Å². The third kappa shape index (κ3) is 3.94. The average Bonchev–Trinajstić information content (AvgIpc) is 2.79. The molecule has 0 fully saturated rings. The van der Waals surface area contributed by atoms with Gasteiger partial charge >= 0.3 is 6.18 Å². The van der Waals surface area contributed by atoms with E-state index in [4.69, 9.17) is 0 Å². The molecule has 1 aromatic carbocycles. The lowest BCUT2D eigenvalue weighted by Gasteiger charge is -2.07. The zero-order valence-corrected chi connectivity index (χ0v) is 12.2. The van der Waals surface area contributed by atoms with Gasteiger partial charge in [0, 0.05) is 16.9 Å². The fourth-order valence-electron chi connectivity index (χ4n) is 1.82. The number of alkyl halides is 3. The van der Waals surface area contributed by atoms with Crippen LogP contribution < -0.4 is 0 Å². The zero-order chi connectivity index (χ0) is 16.3. The van der Waals surface area contributed by atoms with E-state index in [0.717, 1.165) is 17.0 Å². The summed E-state index contributed by atoms with van der Waals surface area (Å²) in [7, 11) is 0. The molecule has 5 nitrogen and oxygen atoms in total. The number of rotatable bonds is 5. The molecule has 0 bridgehead atoms. The van der Waals surface area contributed by atoms with Gasteiger partial charge in [0.25, 0.3) is 5.09 Å². The molecular weight excluding hydrogens is 321 g/mol. The van der Waals surface area contributed by atoms with Gasteiger partial charge in [0.1, 0.15) is 11.6 Å². The first-order valence-corrected chi connectivity index (χ1v) is 7.00. The minimum absolute atomic E-state index is 0.113. The Labute approximate surface area is 127 Å². The molecule has 0 amide bonds. The number of hydrogen-bond donors (Lipinski definition) is 0. The molecule has 0 unspecified atom stereocenters. The number of benzene rings is 1. The van der Waals surface area contributed by atoms with E-state index >= 15 is 0 Å². The summed E-state index contributed by atoms with van der Waals surface area (Å²) in [6, 6.07) is 4.90. The van der Waals surface area contributed by atoms with Crippen LogP contribution in [-0.4, -0.2) is 16.7 Å². The maximum Gasteiger partial charge on any atom is 0.416 e. The van der Waals surface area contributed by atoms with Crippen molar-refractivity contribution in [2.75, 3.05) is 6.61 Å². The van der Waals surface area contributed by atoms with E-state index in [9.17, 15) is 23.3 Å². The van der Waals surface area contributed by atoms with Gasteiger partial charge in [-0.05, 0) is 19.1 Å². The standard InChI is InChI=1S/C13H11F3N2O3S/c1-8-11(5-6-21-18(19)20)22-12(17-8)9-3-2-4-10(7-9)13(14,15)16/h2-4,7H,5-6H2,1H3. The van der Waals surface area contributed by atoms with Crippen LogP contribution in [0.1, 0.15) is 16.1 Å². The molecule has 0 aliphatic carbocycles. The van der Waals surface area contributed by atoms with Crippen LogP contribution in [0.5, 0.6) is 0 Å². The van der Waals surface area contributed by atoms with Crippen molar-refractivity contribution in [2.45, 2.75) is 19.5 Å². The quantitative estimate of drug-likeness (QED) is 0.615. The summed E-state index contributed by atoms with van der Waals surface area (Å²) in [5.41, 5.74) is 0.254. The van der Waals surface area contributed by atoms with Crippen LogP contribution in [-0.2, 0) is 17.4 Å². The minimum Gasteiger partial charge on any atom is -0.314 e. The lowest BCUT2D eigenvalue weighted by atomic mass is 10.1. The normalized spacial score (nSPS) is 11.5. The summed E-state index contributed by atoms with van der Waals surface area (Å²) < 4.78 is 38.1. The van der Waals surface area contributed by atoms with Crippen LogP contribution >= 0.6 is 11.3 Å². The Morgan fingerprint density at radius 3 is 2.77 bits per heavy atom. The van der Waals surface area contributed by atoms with E-state index in [0.29, 0.717) is 16.3 Å². The Balaban J connectivity index is 2.21. The Kier molecular flexibility index (Phi) is 4.65. The van der Waals surface area contributed by atoms with Gasteiger partial charge in [-0.2, -0.15) is 13.2 Å². The van der Waals surface area contributed by atoms with Crippen molar-refractivity contribution in [3.8, 4) is 10.6 Å². The Hall–Kier alpha value is -2.16. The molecule has 0 radical (unpaired) electrons. The van der Waals surface area contributed by atoms with E-state index in [1.54, 1.807) is 13.0 Å². The summed E-state index contributed by atoms with van der Waals surface area (Å²) in [6.07, 6.45) is -4.13. The lowest BCUT2D eigenvalue weighted by molar-refractivity contribution is -0.757. The third-order valence-corrected chi connectivity index (χ3v) is 4.12. The van der Waals surface area contributed by atoms with Crippen molar-refractivity contribution in [3.05, 3.63) is 50.5 Å². The number of thiazole rings is 1. The van der Waals surface area contributed by atoms with Crippen LogP contribution in [0.2, 0.25) is 0 Å². The second-order valence-electron chi connectivity index (χ2n) is 4.41. The van der Waals surface area contributed by atoms with Crippen LogP contribution in [0.3, 0.4) is 0 Å². The summed E-state index contributed by atoms with van der Waals surface area (Å²) in [4.78, 5) is 19.3. The van der Waals surface area contributed by atoms with Crippen LogP contribution in [0, 0.1) is 17.0 Å². The van der Waals surface area contributed by atoms with Crippen molar-refractivity contribution in [3.63, 3.8) is 0 Å². The van der Waals surface area contributed by atoms with Gasteiger partial charge in [0.2, 0.25) is 0 Å². The van der Waals surface area contributed by atoms with E-state index in [1.165, 1.54) is 17.4 Å². The highest BCUT2D eigenvalue weighted by Gasteiger charge is 2.30. The molecule has 2 rings (SSSR count). The summed E-state index contributed by atoms with van der Waals surface area (Å²) in [6.45, 7) is 1.59. The Morgan fingerprint density at radius 2 is 2.14 bits per heavy atom. The lowest BCUT2D eigenvalue weighted by Crippen LogP contribution is -2.04.